The molecule has 0 aliphatic carbocycles. The van der Waals surface area contributed by atoms with E-state index >= 15 is 0 Å². The van der Waals surface area contributed by atoms with Crippen molar-refractivity contribution in [1.82, 2.24) is 9.97 Å². The van der Waals surface area contributed by atoms with Gasteiger partial charge in [-0.05, 0) is 18.2 Å². The molecule has 0 saturated carbocycles. The van der Waals surface area contributed by atoms with Crippen LogP contribution in [-0.4, -0.2) is 9.97 Å². The van der Waals surface area contributed by atoms with E-state index in [0.29, 0.717) is 17.1 Å². The minimum absolute atomic E-state index is 0.260. The maximum Gasteiger partial charge on any atom is 0.223 e. The number of nitrogens with zero attached hydrogens (tertiary/aromatic N) is 3. The van der Waals surface area contributed by atoms with Crippen LogP contribution >= 0.6 is 0 Å². The van der Waals surface area contributed by atoms with Gasteiger partial charge in [0.15, 0.2) is 0 Å². The Bertz CT molecular complexity index is 839. The minimum atomic E-state index is -0.415. The van der Waals surface area contributed by atoms with Crippen molar-refractivity contribution >= 4 is 16.9 Å². The molecular weight excluding hydrogens is 267 g/mol. The molecule has 0 atom stereocenters. The number of fused-ring (bicyclic) bond motifs is 1. The Hall–Kier alpha value is -3.00. The molecule has 5 heteroatoms. The van der Waals surface area contributed by atoms with E-state index in [1.807, 2.05) is 30.3 Å². The van der Waals surface area contributed by atoms with Crippen LogP contribution in [0.5, 0.6) is 0 Å². The molecule has 0 bridgehead atoms. The van der Waals surface area contributed by atoms with Crippen molar-refractivity contribution in [3.05, 3.63) is 65.6 Å². The van der Waals surface area contributed by atoms with Gasteiger partial charge in [0.05, 0.1) is 17.1 Å². The van der Waals surface area contributed by atoms with Crippen molar-refractivity contribution in [2.24, 2.45) is 0 Å². The molecule has 1 N–H and O–H groups in total. The van der Waals surface area contributed by atoms with E-state index in [4.69, 9.17) is 5.26 Å². The average molecular weight is 278 g/mol. The van der Waals surface area contributed by atoms with Crippen molar-refractivity contribution < 1.29 is 4.39 Å². The fourth-order valence-electron chi connectivity index (χ4n) is 1.99. The quantitative estimate of drug-likeness (QED) is 0.798. The lowest BCUT2D eigenvalue weighted by molar-refractivity contribution is 0.612. The topological polar surface area (TPSA) is 61.6 Å². The highest BCUT2D eigenvalue weighted by molar-refractivity contribution is 5.78. The van der Waals surface area contributed by atoms with Crippen molar-refractivity contribution in [2.45, 2.75) is 6.54 Å². The van der Waals surface area contributed by atoms with Crippen LogP contribution in [0.4, 0.5) is 10.3 Å². The van der Waals surface area contributed by atoms with Crippen LogP contribution in [0.25, 0.3) is 10.9 Å². The number of anilines is 1. The summed E-state index contributed by atoms with van der Waals surface area (Å²) >= 11 is 0. The van der Waals surface area contributed by atoms with Gasteiger partial charge in [-0.2, -0.15) is 5.26 Å². The second-order valence-electron chi connectivity index (χ2n) is 4.52. The number of benzene rings is 2. The molecular formula is C16H11FN4. The molecule has 0 saturated heterocycles. The third-order valence-corrected chi connectivity index (χ3v) is 3.11. The molecule has 4 nitrogen and oxygen atoms in total. The molecule has 2 aromatic carbocycles. The predicted molar refractivity (Wildman–Crippen MR) is 78.0 cm³/mol. The van der Waals surface area contributed by atoms with Gasteiger partial charge >= 0.3 is 0 Å². The fourth-order valence-corrected chi connectivity index (χ4v) is 1.99. The van der Waals surface area contributed by atoms with Gasteiger partial charge in [-0.1, -0.05) is 24.3 Å². The largest absolute Gasteiger partial charge is 0.350 e. The molecule has 0 aliphatic heterocycles. The summed E-state index contributed by atoms with van der Waals surface area (Å²) in [5, 5.41) is 12.6. The third-order valence-electron chi connectivity index (χ3n) is 3.11. The molecule has 0 unspecified atom stereocenters. The van der Waals surface area contributed by atoms with Crippen LogP contribution in [-0.2, 0) is 6.54 Å². The average Bonchev–Trinajstić information content (AvgIpc) is 2.53. The Morgan fingerprint density at radius 2 is 2.05 bits per heavy atom. The number of para-hydroxylation sites is 1. The van der Waals surface area contributed by atoms with Crippen LogP contribution in [0.3, 0.4) is 0 Å². The second kappa shape index (κ2) is 5.55. The molecule has 0 fully saturated rings. The van der Waals surface area contributed by atoms with Crippen LogP contribution in [0, 0.1) is 17.1 Å². The Kier molecular flexibility index (Phi) is 3.44. The van der Waals surface area contributed by atoms with E-state index in [1.165, 1.54) is 6.07 Å². The van der Waals surface area contributed by atoms with Gasteiger partial charge in [0, 0.05) is 23.7 Å². The van der Waals surface area contributed by atoms with Gasteiger partial charge in [-0.25, -0.2) is 14.4 Å². The lowest BCUT2D eigenvalue weighted by atomic mass is 10.1. The number of hydrogen-bond donors (Lipinski definition) is 1. The summed E-state index contributed by atoms with van der Waals surface area (Å²) in [4.78, 5) is 8.54. The Balaban J connectivity index is 1.78. The molecule has 0 radical (unpaired) electrons. The molecule has 3 aromatic rings. The van der Waals surface area contributed by atoms with E-state index in [-0.39, 0.29) is 6.54 Å². The van der Waals surface area contributed by atoms with Crippen molar-refractivity contribution in [3.8, 4) is 6.07 Å². The van der Waals surface area contributed by atoms with Gasteiger partial charge in [0.25, 0.3) is 0 Å². The molecule has 21 heavy (non-hydrogen) atoms. The molecule has 1 aromatic heterocycles. The third kappa shape index (κ3) is 2.79. The molecule has 0 spiro atoms. The number of nitrogens with one attached hydrogen (secondary N) is 1. The second-order valence-corrected chi connectivity index (χ2v) is 4.52. The molecule has 102 valence electrons. The smallest absolute Gasteiger partial charge is 0.223 e. The summed E-state index contributed by atoms with van der Waals surface area (Å²) in [6, 6.07) is 13.9. The Labute approximate surface area is 120 Å². The van der Waals surface area contributed by atoms with Crippen molar-refractivity contribution in [3.63, 3.8) is 0 Å². The first kappa shape index (κ1) is 13.0. The molecule has 0 aliphatic rings. The molecule has 1 heterocycles. The summed E-state index contributed by atoms with van der Waals surface area (Å²) in [5.74, 6) is 0.0276. The van der Waals surface area contributed by atoms with Crippen molar-refractivity contribution in [2.75, 3.05) is 5.32 Å². The monoisotopic (exact) mass is 278 g/mol. The van der Waals surface area contributed by atoms with Crippen LogP contribution in [0.2, 0.25) is 0 Å². The summed E-state index contributed by atoms with van der Waals surface area (Å²) in [7, 11) is 0. The SMILES string of the molecule is N#Cc1ccc(CNc2ncc3ccccc3n2)c(F)c1. The number of hydrogen-bond acceptors (Lipinski definition) is 4. The van der Waals surface area contributed by atoms with E-state index in [0.717, 1.165) is 10.9 Å². The summed E-state index contributed by atoms with van der Waals surface area (Å²) in [5.41, 5.74) is 1.60. The number of nitriles is 1. The first-order valence-corrected chi connectivity index (χ1v) is 6.40. The minimum Gasteiger partial charge on any atom is -0.350 e. The fraction of sp³-hybridized carbons (Fsp3) is 0.0625. The lowest BCUT2D eigenvalue weighted by Crippen LogP contribution is -2.05. The standard InChI is InChI=1S/C16H11FN4/c17-14-7-11(8-18)5-6-12(14)9-19-16-20-10-13-3-1-2-4-15(13)21-16/h1-7,10H,9H2,(H,19,20,21). The Morgan fingerprint density at radius 3 is 2.86 bits per heavy atom. The summed E-state index contributed by atoms with van der Waals surface area (Å²) in [6.07, 6.45) is 1.72. The van der Waals surface area contributed by atoms with Gasteiger partial charge in [-0.15, -0.1) is 0 Å². The van der Waals surface area contributed by atoms with Gasteiger partial charge in [0.2, 0.25) is 5.95 Å². The predicted octanol–water partition coefficient (Wildman–Crippen LogP) is 3.25. The summed E-state index contributed by atoms with van der Waals surface area (Å²) in [6.45, 7) is 0.260. The maximum absolute atomic E-state index is 13.8. The zero-order chi connectivity index (χ0) is 14.7. The highest BCUT2D eigenvalue weighted by Gasteiger charge is 2.05. The first-order valence-electron chi connectivity index (χ1n) is 6.40. The van der Waals surface area contributed by atoms with Crippen LogP contribution in [0.1, 0.15) is 11.1 Å². The summed E-state index contributed by atoms with van der Waals surface area (Å²) < 4.78 is 13.8. The molecule has 3 rings (SSSR count). The Morgan fingerprint density at radius 1 is 1.19 bits per heavy atom. The lowest BCUT2D eigenvalue weighted by Gasteiger charge is -2.07. The van der Waals surface area contributed by atoms with Crippen LogP contribution < -0.4 is 5.32 Å². The molecule has 0 amide bonds. The van der Waals surface area contributed by atoms with E-state index < -0.39 is 5.82 Å². The van der Waals surface area contributed by atoms with Gasteiger partial charge in [0.1, 0.15) is 5.82 Å². The first-order chi connectivity index (χ1) is 10.3. The number of halogens is 1. The van der Waals surface area contributed by atoms with Crippen molar-refractivity contribution in [1.29, 1.82) is 5.26 Å². The number of rotatable bonds is 3. The van der Waals surface area contributed by atoms with E-state index in [1.54, 1.807) is 18.3 Å². The van der Waals surface area contributed by atoms with Crippen LogP contribution in [0.15, 0.2) is 48.7 Å². The zero-order valence-electron chi connectivity index (χ0n) is 11.0. The zero-order valence-corrected chi connectivity index (χ0v) is 11.0. The van der Waals surface area contributed by atoms with E-state index in [2.05, 4.69) is 15.3 Å². The van der Waals surface area contributed by atoms with Gasteiger partial charge in [-0.3, -0.25) is 0 Å². The number of aromatic nitrogens is 2. The van der Waals surface area contributed by atoms with E-state index in [9.17, 15) is 4.39 Å². The highest BCUT2D eigenvalue weighted by Crippen LogP contribution is 2.14. The van der Waals surface area contributed by atoms with Gasteiger partial charge < -0.3 is 5.32 Å². The highest BCUT2D eigenvalue weighted by atomic mass is 19.1. The maximum atomic E-state index is 13.8. The normalized spacial score (nSPS) is 10.3.